The number of halogens is 1. The van der Waals surface area contributed by atoms with Gasteiger partial charge in [-0.15, -0.1) is 0 Å². The van der Waals surface area contributed by atoms with Gasteiger partial charge in [-0.1, -0.05) is 34.1 Å². The molecule has 2 atom stereocenters. The Kier molecular flexibility index (Phi) is 14.3. The van der Waals surface area contributed by atoms with Crippen LogP contribution >= 0.6 is 15.9 Å². The maximum absolute atomic E-state index is 5.85. The fourth-order valence-corrected chi connectivity index (χ4v) is 7.75. The number of nitrogens with two attached hydrogens (primary N) is 1. The Labute approximate surface area is 361 Å². The zero-order valence-electron chi connectivity index (χ0n) is 33.8. The number of ether oxygens (including phenoxy) is 2. The molecule has 2 saturated heterocycles. The lowest BCUT2D eigenvalue weighted by atomic mass is 10.1. The highest BCUT2D eigenvalue weighted by atomic mass is 79.9. The van der Waals surface area contributed by atoms with Gasteiger partial charge < -0.3 is 39.1 Å². The highest BCUT2D eigenvalue weighted by molar-refractivity contribution is 9.10. The van der Waals surface area contributed by atoms with E-state index in [1.807, 2.05) is 101 Å². The number of aromatic nitrogens is 6. The first-order chi connectivity index (χ1) is 30.1. The number of rotatable bonds is 9. The molecule has 316 valence electrons. The average molecular weight is 889 g/mol. The number of H-pyrrole nitrogens is 1. The van der Waals surface area contributed by atoms with Gasteiger partial charge in [0.1, 0.15) is 17.3 Å². The van der Waals surface area contributed by atoms with Gasteiger partial charge >= 0.3 is 0 Å². The summed E-state index contributed by atoms with van der Waals surface area (Å²) < 4.78 is 32.2. The molecular formula is C46H50BrN9O5. The van der Waals surface area contributed by atoms with Crippen molar-refractivity contribution in [1.82, 2.24) is 29.8 Å². The van der Waals surface area contributed by atoms with Crippen LogP contribution in [-0.2, 0) is 29.1 Å². The van der Waals surface area contributed by atoms with E-state index in [4.69, 9.17) is 28.5 Å². The van der Waals surface area contributed by atoms with Crippen molar-refractivity contribution in [2.24, 2.45) is 5.73 Å². The Hall–Kier alpha value is -6.13. The van der Waals surface area contributed by atoms with E-state index in [1.54, 1.807) is 18.8 Å². The van der Waals surface area contributed by atoms with Crippen molar-refractivity contribution in [1.29, 1.82) is 0 Å². The number of fused-ring (bicyclic) bond motifs is 3. The molecule has 0 bridgehead atoms. The van der Waals surface area contributed by atoms with Gasteiger partial charge in [0.05, 0.1) is 73.6 Å². The van der Waals surface area contributed by atoms with E-state index < -0.39 is 0 Å². The second kappa shape index (κ2) is 20.9. The zero-order chi connectivity index (χ0) is 41.6. The largest absolute Gasteiger partial charge is 0.468 e. The van der Waals surface area contributed by atoms with Gasteiger partial charge in [-0.2, -0.15) is 15.3 Å². The maximum Gasteiger partial charge on any atom is 0.150 e. The predicted octanol–water partition coefficient (Wildman–Crippen LogP) is 10.9. The topological polar surface area (TPSA) is 172 Å². The molecule has 2 fully saturated rings. The first kappa shape index (κ1) is 41.6. The molecular weight excluding hydrogens is 838 g/mol. The van der Waals surface area contributed by atoms with Gasteiger partial charge in [-0.25, -0.2) is 9.36 Å². The third-order valence-electron chi connectivity index (χ3n) is 10.4. The molecule has 61 heavy (non-hydrogen) atoms. The number of hydrogen-bond donors (Lipinski definition) is 4. The van der Waals surface area contributed by atoms with E-state index in [2.05, 4.69) is 65.2 Å². The van der Waals surface area contributed by atoms with Gasteiger partial charge in [0.15, 0.2) is 12.5 Å². The number of benzene rings is 3. The minimum absolute atomic E-state index is 0.0616. The van der Waals surface area contributed by atoms with E-state index in [9.17, 15) is 0 Å². The lowest BCUT2D eigenvalue weighted by Crippen LogP contribution is -2.18. The SMILES string of the molecule is Brc1cccc2c1cnn2C1CCCCO1.NCc1ccco1.c1coc(CNc2cccc3[nH]ncc23)c1.c1coc(CNc2cccc3c2cnn3C2CCCCO2)c1. The molecule has 9 aromatic rings. The van der Waals surface area contributed by atoms with Crippen molar-refractivity contribution in [3.63, 3.8) is 0 Å². The molecule has 0 saturated carbocycles. The van der Waals surface area contributed by atoms with E-state index in [-0.39, 0.29) is 12.5 Å². The van der Waals surface area contributed by atoms with Gasteiger partial charge in [0.25, 0.3) is 0 Å². The summed E-state index contributed by atoms with van der Waals surface area (Å²) in [5.41, 5.74) is 10.6. The molecule has 14 nitrogen and oxygen atoms in total. The monoisotopic (exact) mass is 887 g/mol. The van der Waals surface area contributed by atoms with Crippen molar-refractivity contribution < 1.29 is 22.7 Å². The summed E-state index contributed by atoms with van der Waals surface area (Å²) in [7, 11) is 0. The van der Waals surface area contributed by atoms with Gasteiger partial charge in [-0.3, -0.25) is 5.10 Å². The van der Waals surface area contributed by atoms with E-state index in [1.165, 1.54) is 19.3 Å². The molecule has 15 heteroatoms. The average Bonchev–Trinajstić information content (AvgIpc) is 4.17. The molecule has 5 N–H and O–H groups in total. The molecule has 0 amide bonds. The van der Waals surface area contributed by atoms with Crippen molar-refractivity contribution in [3.05, 3.63) is 150 Å². The Morgan fingerprint density at radius 3 is 1.69 bits per heavy atom. The van der Waals surface area contributed by atoms with Crippen LogP contribution in [-0.4, -0.2) is 43.0 Å². The maximum atomic E-state index is 5.85. The summed E-state index contributed by atoms with van der Waals surface area (Å²) in [4.78, 5) is 0. The molecule has 0 radical (unpaired) electrons. The molecule has 8 heterocycles. The van der Waals surface area contributed by atoms with Crippen LogP contribution < -0.4 is 16.4 Å². The van der Waals surface area contributed by atoms with Crippen LogP contribution in [0.5, 0.6) is 0 Å². The third-order valence-corrected chi connectivity index (χ3v) is 11.1. The minimum atomic E-state index is 0.0616. The molecule has 2 aliphatic rings. The van der Waals surface area contributed by atoms with Crippen LogP contribution in [0.4, 0.5) is 11.4 Å². The summed E-state index contributed by atoms with van der Waals surface area (Å²) in [6.45, 7) is 3.50. The summed E-state index contributed by atoms with van der Waals surface area (Å²) in [5.74, 6) is 2.67. The standard InChI is InChI=1S/C17H19N3O2.C12H13BrN2O.C12H11N3O.C5H7NO/c1-2-9-22-17(8-1)20-16-7-3-6-15(14(16)12-19-20)18-11-13-5-4-10-21-13;13-10-4-3-5-11-9(10)8-14-15(11)12-6-1-2-7-16-12;1-4-11(10-8-14-15-12(10)5-1)13-7-9-3-2-6-16-9;6-4-5-2-1-3-7-5/h3-7,10,12,17-18H,1-2,8-9,11H2;3-5,8,12H,1-2,6-7H2;1-6,8,13H,7H2,(H,14,15);1-3H,4,6H2. The molecule has 3 aromatic carbocycles. The Morgan fingerprint density at radius 1 is 0.607 bits per heavy atom. The highest BCUT2D eigenvalue weighted by Gasteiger charge is 2.20. The van der Waals surface area contributed by atoms with Crippen molar-refractivity contribution in [2.45, 2.75) is 70.6 Å². The molecule has 0 aliphatic carbocycles. The fraction of sp³-hybridized carbons (Fsp3) is 0.283. The van der Waals surface area contributed by atoms with Crippen molar-refractivity contribution in [2.75, 3.05) is 23.8 Å². The third kappa shape index (κ3) is 10.6. The summed E-state index contributed by atoms with van der Waals surface area (Å²) >= 11 is 3.54. The van der Waals surface area contributed by atoms with E-state index in [0.717, 1.165) is 98.3 Å². The molecule has 6 aromatic heterocycles. The first-order valence-corrected chi connectivity index (χ1v) is 21.4. The smallest absolute Gasteiger partial charge is 0.150 e. The second-order valence-electron chi connectivity index (χ2n) is 14.5. The molecule has 0 spiro atoms. The fourth-order valence-electron chi connectivity index (χ4n) is 7.29. The first-order valence-electron chi connectivity index (χ1n) is 20.6. The number of nitrogens with one attached hydrogen (secondary N) is 3. The molecule has 11 rings (SSSR count). The normalized spacial score (nSPS) is 16.2. The quantitative estimate of drug-likeness (QED) is 0.109. The van der Waals surface area contributed by atoms with Gasteiger partial charge in [0.2, 0.25) is 0 Å². The molecule has 2 unspecified atom stereocenters. The molecule has 2 aliphatic heterocycles. The zero-order valence-corrected chi connectivity index (χ0v) is 35.4. The van der Waals surface area contributed by atoms with Crippen LogP contribution in [0.25, 0.3) is 32.7 Å². The van der Waals surface area contributed by atoms with Gasteiger partial charge in [-0.05, 0) is 111 Å². The highest BCUT2D eigenvalue weighted by Crippen LogP contribution is 2.31. The van der Waals surface area contributed by atoms with Crippen molar-refractivity contribution >= 4 is 60.0 Å². The van der Waals surface area contributed by atoms with E-state index in [0.29, 0.717) is 19.6 Å². The summed E-state index contributed by atoms with van der Waals surface area (Å²) in [6.07, 6.45) is 17.6. The van der Waals surface area contributed by atoms with Crippen molar-refractivity contribution in [3.8, 4) is 0 Å². The van der Waals surface area contributed by atoms with Crippen LogP contribution in [0, 0.1) is 0 Å². The van der Waals surface area contributed by atoms with Crippen LogP contribution in [0.3, 0.4) is 0 Å². The second-order valence-corrected chi connectivity index (χ2v) is 15.4. The number of anilines is 2. The van der Waals surface area contributed by atoms with Crippen LogP contribution in [0.1, 0.15) is 68.3 Å². The number of aromatic amines is 1. The minimum Gasteiger partial charge on any atom is -0.468 e. The Morgan fingerprint density at radius 2 is 1.15 bits per heavy atom. The summed E-state index contributed by atoms with van der Waals surface area (Å²) in [6, 6.07) is 29.8. The number of furan rings is 3. The predicted molar refractivity (Wildman–Crippen MR) is 240 cm³/mol. The van der Waals surface area contributed by atoms with Gasteiger partial charge in [0, 0.05) is 45.2 Å². The van der Waals surface area contributed by atoms with Crippen LogP contribution in [0.15, 0.2) is 146 Å². The lowest BCUT2D eigenvalue weighted by molar-refractivity contribution is -0.0367. The number of hydrogen-bond acceptors (Lipinski definition) is 11. The lowest BCUT2D eigenvalue weighted by Gasteiger charge is -2.23. The van der Waals surface area contributed by atoms with Crippen LogP contribution in [0.2, 0.25) is 0 Å². The number of nitrogens with zero attached hydrogens (tertiary/aromatic N) is 5. The Bertz CT molecular complexity index is 2640. The Balaban J connectivity index is 0.000000119. The van der Waals surface area contributed by atoms with E-state index >= 15 is 0 Å². The summed E-state index contributed by atoms with van der Waals surface area (Å²) in [5, 5.41) is 26.0.